The fourth-order valence-electron chi connectivity index (χ4n) is 3.39. The summed E-state index contributed by atoms with van der Waals surface area (Å²) < 4.78 is 7.61. The normalized spacial score (nSPS) is 17.5. The minimum Gasteiger partial charge on any atom is -0.459 e. The summed E-state index contributed by atoms with van der Waals surface area (Å²) in [4.78, 5) is 14.6. The molecule has 3 aromatic rings. The topological polar surface area (TPSA) is 63.3 Å². The number of nitrogens with zero attached hydrogens (tertiary/aromatic N) is 3. The van der Waals surface area contributed by atoms with E-state index in [1.807, 2.05) is 53.0 Å². The van der Waals surface area contributed by atoms with Gasteiger partial charge in [0.25, 0.3) is 0 Å². The Labute approximate surface area is 140 Å². The number of hydrogen-bond donors (Lipinski definition) is 1. The van der Waals surface area contributed by atoms with Crippen molar-refractivity contribution in [1.82, 2.24) is 14.7 Å². The number of urea groups is 1. The Morgan fingerprint density at radius 2 is 2.33 bits per heavy atom. The molecule has 0 saturated carbocycles. The van der Waals surface area contributed by atoms with Gasteiger partial charge in [-0.15, -0.1) is 0 Å². The number of hydrogen-bond acceptors (Lipinski definition) is 3. The fraction of sp³-hybridized carbons (Fsp3) is 0.333. The van der Waals surface area contributed by atoms with Crippen molar-refractivity contribution in [3.05, 3.63) is 48.5 Å². The van der Waals surface area contributed by atoms with Gasteiger partial charge >= 0.3 is 6.03 Å². The number of carbonyl (C=O) groups excluding carboxylic acids is 1. The van der Waals surface area contributed by atoms with Crippen LogP contribution >= 0.6 is 0 Å². The van der Waals surface area contributed by atoms with Crippen LogP contribution in [-0.2, 0) is 6.54 Å². The number of aromatic nitrogens is 2. The lowest BCUT2D eigenvalue weighted by atomic mass is 10.2. The van der Waals surface area contributed by atoms with Crippen molar-refractivity contribution < 1.29 is 9.21 Å². The summed E-state index contributed by atoms with van der Waals surface area (Å²) in [5.74, 6) is 0.837. The number of rotatable bonds is 3. The van der Waals surface area contributed by atoms with Crippen molar-refractivity contribution in [3.8, 4) is 0 Å². The van der Waals surface area contributed by atoms with Gasteiger partial charge in [-0.25, -0.2) is 4.79 Å². The summed E-state index contributed by atoms with van der Waals surface area (Å²) >= 11 is 0. The third-order valence-electron chi connectivity index (χ3n) is 4.50. The van der Waals surface area contributed by atoms with Gasteiger partial charge in [-0.2, -0.15) is 5.10 Å². The standard InChI is InChI=1S/C18H20N4O2/c1-13-11-14-5-2-7-16(17(14)24-13)20-18(23)22-10-3-6-15(22)12-21-9-4-8-19-21/h2,4-5,7-9,11,15H,3,6,10,12H2,1H3,(H,20,23)/t15-/m0/s1. The van der Waals surface area contributed by atoms with E-state index in [2.05, 4.69) is 10.4 Å². The van der Waals surface area contributed by atoms with Crippen molar-refractivity contribution in [2.45, 2.75) is 32.4 Å². The fourth-order valence-corrected chi connectivity index (χ4v) is 3.39. The second-order valence-corrected chi connectivity index (χ2v) is 6.23. The Hall–Kier alpha value is -2.76. The van der Waals surface area contributed by atoms with E-state index in [9.17, 15) is 4.79 Å². The number of fused-ring (bicyclic) bond motifs is 1. The maximum absolute atomic E-state index is 12.7. The molecule has 6 nitrogen and oxygen atoms in total. The molecule has 2 aromatic heterocycles. The van der Waals surface area contributed by atoms with E-state index in [4.69, 9.17) is 4.42 Å². The Morgan fingerprint density at radius 3 is 3.17 bits per heavy atom. The monoisotopic (exact) mass is 324 g/mol. The molecule has 1 atom stereocenters. The molecular formula is C18H20N4O2. The van der Waals surface area contributed by atoms with Gasteiger partial charge in [0, 0.05) is 24.3 Å². The molecule has 2 amide bonds. The van der Waals surface area contributed by atoms with E-state index in [-0.39, 0.29) is 12.1 Å². The lowest BCUT2D eigenvalue weighted by Crippen LogP contribution is -2.40. The predicted molar refractivity (Wildman–Crippen MR) is 91.9 cm³/mol. The zero-order chi connectivity index (χ0) is 16.5. The highest BCUT2D eigenvalue weighted by Gasteiger charge is 2.29. The molecule has 0 unspecified atom stereocenters. The van der Waals surface area contributed by atoms with Crippen molar-refractivity contribution >= 4 is 22.7 Å². The van der Waals surface area contributed by atoms with E-state index in [1.54, 1.807) is 6.20 Å². The molecule has 0 bridgehead atoms. The molecule has 1 aromatic carbocycles. The minimum absolute atomic E-state index is 0.0776. The van der Waals surface area contributed by atoms with Crippen LogP contribution in [0, 0.1) is 6.92 Å². The molecule has 24 heavy (non-hydrogen) atoms. The molecule has 1 saturated heterocycles. The largest absolute Gasteiger partial charge is 0.459 e. The van der Waals surface area contributed by atoms with Gasteiger partial charge in [0.15, 0.2) is 5.58 Å². The highest BCUT2D eigenvalue weighted by atomic mass is 16.3. The van der Waals surface area contributed by atoms with Crippen LogP contribution in [-0.4, -0.2) is 33.3 Å². The van der Waals surface area contributed by atoms with Crippen LogP contribution in [0.5, 0.6) is 0 Å². The average Bonchev–Trinajstić information content (AvgIpc) is 3.28. The number of benzene rings is 1. The first kappa shape index (κ1) is 14.8. The molecule has 1 aliphatic rings. The maximum atomic E-state index is 12.7. The summed E-state index contributed by atoms with van der Waals surface area (Å²) in [5.41, 5.74) is 1.45. The molecule has 1 N–H and O–H groups in total. The smallest absolute Gasteiger partial charge is 0.322 e. The Morgan fingerprint density at radius 1 is 1.42 bits per heavy atom. The number of carbonyl (C=O) groups is 1. The molecule has 6 heteroatoms. The number of para-hydroxylation sites is 1. The summed E-state index contributed by atoms with van der Waals surface area (Å²) in [6, 6.07) is 9.76. The second-order valence-electron chi connectivity index (χ2n) is 6.23. The Bertz CT molecular complexity index is 853. The number of likely N-dealkylation sites (tertiary alicyclic amines) is 1. The summed E-state index contributed by atoms with van der Waals surface area (Å²) in [6.45, 7) is 3.40. The van der Waals surface area contributed by atoms with Crippen LogP contribution < -0.4 is 5.32 Å². The number of amides is 2. The van der Waals surface area contributed by atoms with Crippen LogP contribution in [0.3, 0.4) is 0 Å². The zero-order valence-electron chi connectivity index (χ0n) is 13.6. The zero-order valence-corrected chi connectivity index (χ0v) is 13.6. The molecule has 124 valence electrons. The minimum atomic E-state index is -0.0776. The SMILES string of the molecule is Cc1cc2cccc(NC(=O)N3CCC[C@H]3Cn3cccn3)c2o1. The summed E-state index contributed by atoms with van der Waals surface area (Å²) in [5, 5.41) is 8.26. The molecule has 3 heterocycles. The Kier molecular flexibility index (Phi) is 3.72. The van der Waals surface area contributed by atoms with Gasteiger partial charge in [-0.05, 0) is 38.0 Å². The van der Waals surface area contributed by atoms with E-state index >= 15 is 0 Å². The summed E-state index contributed by atoms with van der Waals surface area (Å²) in [7, 11) is 0. The van der Waals surface area contributed by atoms with Crippen LogP contribution in [0.2, 0.25) is 0 Å². The highest BCUT2D eigenvalue weighted by Crippen LogP contribution is 2.28. The van der Waals surface area contributed by atoms with E-state index in [0.717, 1.165) is 48.3 Å². The number of aryl methyl sites for hydroxylation is 1. The lowest BCUT2D eigenvalue weighted by Gasteiger charge is -2.25. The molecule has 0 radical (unpaired) electrons. The molecular weight excluding hydrogens is 304 g/mol. The molecule has 1 fully saturated rings. The van der Waals surface area contributed by atoms with Crippen molar-refractivity contribution in [2.75, 3.05) is 11.9 Å². The van der Waals surface area contributed by atoms with Gasteiger partial charge in [0.1, 0.15) is 5.76 Å². The van der Waals surface area contributed by atoms with Crippen molar-refractivity contribution in [2.24, 2.45) is 0 Å². The average molecular weight is 324 g/mol. The van der Waals surface area contributed by atoms with Gasteiger partial charge in [-0.1, -0.05) is 12.1 Å². The molecule has 0 spiro atoms. The van der Waals surface area contributed by atoms with Gasteiger partial charge in [0.05, 0.1) is 18.3 Å². The van der Waals surface area contributed by atoms with Crippen molar-refractivity contribution in [3.63, 3.8) is 0 Å². The van der Waals surface area contributed by atoms with Crippen LogP contribution in [0.4, 0.5) is 10.5 Å². The van der Waals surface area contributed by atoms with E-state index < -0.39 is 0 Å². The second kappa shape index (κ2) is 6.03. The maximum Gasteiger partial charge on any atom is 0.322 e. The van der Waals surface area contributed by atoms with Crippen LogP contribution in [0.1, 0.15) is 18.6 Å². The van der Waals surface area contributed by atoms with E-state index in [1.165, 1.54) is 0 Å². The first-order valence-corrected chi connectivity index (χ1v) is 8.25. The lowest BCUT2D eigenvalue weighted by molar-refractivity contribution is 0.199. The molecule has 0 aliphatic carbocycles. The van der Waals surface area contributed by atoms with Gasteiger partial charge in [-0.3, -0.25) is 4.68 Å². The van der Waals surface area contributed by atoms with Crippen LogP contribution in [0.15, 0.2) is 47.1 Å². The van der Waals surface area contributed by atoms with Crippen LogP contribution in [0.25, 0.3) is 11.0 Å². The number of nitrogens with one attached hydrogen (secondary N) is 1. The molecule has 4 rings (SSSR count). The molecule has 1 aliphatic heterocycles. The number of furan rings is 1. The third kappa shape index (κ3) is 2.75. The van der Waals surface area contributed by atoms with Gasteiger partial charge in [0.2, 0.25) is 0 Å². The quantitative estimate of drug-likeness (QED) is 0.800. The predicted octanol–water partition coefficient (Wildman–Crippen LogP) is 3.63. The van der Waals surface area contributed by atoms with Gasteiger partial charge < -0.3 is 14.6 Å². The first-order valence-electron chi connectivity index (χ1n) is 8.25. The number of anilines is 1. The van der Waals surface area contributed by atoms with Crippen molar-refractivity contribution in [1.29, 1.82) is 0 Å². The van der Waals surface area contributed by atoms with E-state index in [0.29, 0.717) is 0 Å². The Balaban J connectivity index is 1.52. The third-order valence-corrected chi connectivity index (χ3v) is 4.50. The highest BCUT2D eigenvalue weighted by molar-refractivity contribution is 5.99. The summed E-state index contributed by atoms with van der Waals surface area (Å²) in [6.07, 6.45) is 5.71. The first-order chi connectivity index (χ1) is 11.7.